The maximum atomic E-state index is 14.0. The average molecular weight is 539 g/mol. The highest BCUT2D eigenvalue weighted by atomic mass is 16.6. The van der Waals surface area contributed by atoms with Crippen molar-refractivity contribution < 1.29 is 14.3 Å². The number of hydrogen-bond acceptors (Lipinski definition) is 7. The predicted molar refractivity (Wildman–Crippen MR) is 155 cm³/mol. The lowest BCUT2D eigenvalue weighted by molar-refractivity contribution is 0.0589. The van der Waals surface area contributed by atoms with E-state index >= 15 is 0 Å². The highest BCUT2D eigenvalue weighted by Crippen LogP contribution is 2.29. The minimum absolute atomic E-state index is 0.158. The van der Waals surface area contributed by atoms with Crippen LogP contribution < -0.4 is 21.1 Å². The van der Waals surface area contributed by atoms with Gasteiger partial charge in [-0.15, -0.1) is 0 Å². The van der Waals surface area contributed by atoms with Crippen LogP contribution in [0.4, 0.5) is 16.3 Å². The first-order valence-electron chi connectivity index (χ1n) is 12.7. The Morgan fingerprint density at radius 2 is 1.65 bits per heavy atom. The summed E-state index contributed by atoms with van der Waals surface area (Å²) in [5.74, 6) is 1.53. The molecule has 0 atom stereocenters. The van der Waals surface area contributed by atoms with Gasteiger partial charge in [-0.1, -0.05) is 24.3 Å². The van der Waals surface area contributed by atoms with Crippen LogP contribution in [0, 0.1) is 6.92 Å². The number of carbonyl (C=O) groups is 1. The summed E-state index contributed by atoms with van der Waals surface area (Å²) in [5, 5.41) is 0. The lowest BCUT2D eigenvalue weighted by Crippen LogP contribution is -2.34. The lowest BCUT2D eigenvalue weighted by atomic mass is 10.2. The van der Waals surface area contributed by atoms with Crippen LogP contribution in [0.15, 0.2) is 83.9 Å². The molecule has 5 aromatic rings. The molecule has 10 nitrogen and oxygen atoms in total. The van der Waals surface area contributed by atoms with E-state index < -0.39 is 17.4 Å². The van der Waals surface area contributed by atoms with Gasteiger partial charge in [0, 0.05) is 12.7 Å². The van der Waals surface area contributed by atoms with Crippen LogP contribution >= 0.6 is 0 Å². The Bertz CT molecular complexity index is 1770. The molecule has 1 amide bonds. The van der Waals surface area contributed by atoms with Gasteiger partial charge in [-0.2, -0.15) is 0 Å². The number of amides is 1. The third-order valence-corrected chi connectivity index (χ3v) is 6.18. The van der Waals surface area contributed by atoms with Gasteiger partial charge in [0.15, 0.2) is 11.5 Å². The molecule has 0 spiro atoms. The molecular weight excluding hydrogens is 508 g/mol. The number of fused-ring (bicyclic) bond motifs is 1. The fourth-order valence-corrected chi connectivity index (χ4v) is 4.30. The Morgan fingerprint density at radius 3 is 2.35 bits per heavy atom. The zero-order valence-corrected chi connectivity index (χ0v) is 23.0. The zero-order chi connectivity index (χ0) is 28.6. The van der Waals surface area contributed by atoms with Crippen molar-refractivity contribution in [3.05, 3.63) is 95.2 Å². The molecule has 3 aromatic carbocycles. The first-order valence-corrected chi connectivity index (χ1v) is 12.7. The summed E-state index contributed by atoms with van der Waals surface area (Å²) >= 11 is 0. The Balaban J connectivity index is 1.60. The number of para-hydroxylation sites is 1. The molecule has 0 unspecified atom stereocenters. The highest BCUT2D eigenvalue weighted by Gasteiger charge is 2.23. The summed E-state index contributed by atoms with van der Waals surface area (Å²) in [6, 6.07) is 21.9. The SMILES string of the molecule is Cc1cc(-n2c(=O)n(-c3cccc(N(C)C(=O)OC(C)(C)C)c3)c3ncnc(N)c32)ccc1Oc1ccccc1. The van der Waals surface area contributed by atoms with Gasteiger partial charge < -0.3 is 15.2 Å². The number of rotatable bonds is 5. The second-order valence-corrected chi connectivity index (χ2v) is 10.3. The molecule has 2 heterocycles. The van der Waals surface area contributed by atoms with Crippen molar-refractivity contribution in [3.8, 4) is 22.9 Å². The molecular formula is C30H30N6O4. The van der Waals surface area contributed by atoms with Gasteiger partial charge in [0.1, 0.15) is 28.9 Å². The number of benzene rings is 3. The number of aromatic nitrogens is 4. The van der Waals surface area contributed by atoms with Crippen molar-refractivity contribution in [3.63, 3.8) is 0 Å². The maximum absolute atomic E-state index is 14.0. The third-order valence-electron chi connectivity index (χ3n) is 6.18. The molecule has 0 saturated carbocycles. The van der Waals surface area contributed by atoms with Crippen molar-refractivity contribution >= 4 is 28.8 Å². The second kappa shape index (κ2) is 10.2. The number of hydrogen-bond donors (Lipinski definition) is 1. The van der Waals surface area contributed by atoms with Crippen LogP contribution in [0.5, 0.6) is 11.5 Å². The van der Waals surface area contributed by atoms with Crippen molar-refractivity contribution in [2.45, 2.75) is 33.3 Å². The number of nitrogens with two attached hydrogens (primary N) is 1. The number of carbonyl (C=O) groups excluding carboxylic acids is 1. The van der Waals surface area contributed by atoms with E-state index in [1.165, 1.54) is 20.4 Å². The first-order chi connectivity index (χ1) is 19.0. The van der Waals surface area contributed by atoms with E-state index in [9.17, 15) is 9.59 Å². The van der Waals surface area contributed by atoms with Gasteiger partial charge in [-0.25, -0.2) is 24.1 Å². The summed E-state index contributed by atoms with van der Waals surface area (Å²) in [6.07, 6.45) is 0.802. The monoisotopic (exact) mass is 538 g/mol. The van der Waals surface area contributed by atoms with E-state index in [0.29, 0.717) is 39.7 Å². The van der Waals surface area contributed by atoms with Gasteiger partial charge in [0.2, 0.25) is 0 Å². The van der Waals surface area contributed by atoms with E-state index in [1.807, 2.05) is 49.4 Å². The summed E-state index contributed by atoms with van der Waals surface area (Å²) in [5.41, 5.74) is 8.38. The summed E-state index contributed by atoms with van der Waals surface area (Å²) in [4.78, 5) is 36.6. The fourth-order valence-electron chi connectivity index (χ4n) is 4.30. The van der Waals surface area contributed by atoms with Gasteiger partial charge >= 0.3 is 11.8 Å². The molecule has 0 aliphatic rings. The summed E-state index contributed by atoms with van der Waals surface area (Å²) < 4.78 is 14.4. The standard InChI is InChI=1S/C30H30N6O4/c1-19-16-22(14-15-24(19)39-23-12-7-6-8-13-23)35-25-26(31)32-18-33-27(25)36(28(35)37)21-11-9-10-20(17-21)34(5)29(38)40-30(2,3)4/h6-18H,1-5H3,(H2,31,32,33). The average Bonchev–Trinajstić information content (AvgIpc) is 3.22. The van der Waals surface area contributed by atoms with Crippen molar-refractivity contribution in [2.24, 2.45) is 0 Å². The second-order valence-electron chi connectivity index (χ2n) is 10.3. The van der Waals surface area contributed by atoms with Crippen LogP contribution in [0.3, 0.4) is 0 Å². The van der Waals surface area contributed by atoms with Gasteiger partial charge in [-0.3, -0.25) is 9.47 Å². The Morgan fingerprint density at radius 1 is 0.925 bits per heavy atom. The van der Waals surface area contributed by atoms with Crippen LogP contribution in [-0.4, -0.2) is 37.8 Å². The van der Waals surface area contributed by atoms with Crippen LogP contribution in [0.25, 0.3) is 22.5 Å². The number of aryl methyl sites for hydroxylation is 1. The molecule has 0 radical (unpaired) electrons. The number of nitrogens with zero attached hydrogens (tertiary/aromatic N) is 5. The zero-order valence-electron chi connectivity index (χ0n) is 23.0. The normalized spacial score (nSPS) is 11.4. The third kappa shape index (κ3) is 5.11. The lowest BCUT2D eigenvalue weighted by Gasteiger charge is -2.25. The quantitative estimate of drug-likeness (QED) is 0.308. The van der Waals surface area contributed by atoms with E-state index in [4.69, 9.17) is 15.2 Å². The number of ether oxygens (including phenoxy) is 2. The molecule has 10 heteroatoms. The van der Waals surface area contributed by atoms with E-state index in [0.717, 1.165) is 5.56 Å². The van der Waals surface area contributed by atoms with E-state index in [1.54, 1.807) is 58.2 Å². The largest absolute Gasteiger partial charge is 0.457 e. The predicted octanol–water partition coefficient (Wildman–Crippen LogP) is 5.63. The highest BCUT2D eigenvalue weighted by molar-refractivity contribution is 5.88. The Hall–Kier alpha value is -5.12. The molecule has 0 saturated heterocycles. The molecule has 40 heavy (non-hydrogen) atoms. The molecule has 0 bridgehead atoms. The molecule has 2 N–H and O–H groups in total. The molecule has 0 aliphatic carbocycles. The number of nitrogen functional groups attached to an aromatic ring is 1. The Labute approximate surface area is 231 Å². The minimum Gasteiger partial charge on any atom is -0.457 e. The van der Waals surface area contributed by atoms with E-state index in [-0.39, 0.29) is 5.82 Å². The van der Waals surface area contributed by atoms with Crippen molar-refractivity contribution in [1.29, 1.82) is 0 Å². The summed E-state index contributed by atoms with van der Waals surface area (Å²) in [7, 11) is 1.61. The first kappa shape index (κ1) is 26.5. The topological polar surface area (TPSA) is 118 Å². The van der Waals surface area contributed by atoms with Gasteiger partial charge in [0.05, 0.1) is 11.4 Å². The molecule has 0 aliphatic heterocycles. The van der Waals surface area contributed by atoms with Crippen molar-refractivity contribution in [1.82, 2.24) is 19.1 Å². The van der Waals surface area contributed by atoms with Crippen molar-refractivity contribution in [2.75, 3.05) is 17.7 Å². The van der Waals surface area contributed by atoms with Gasteiger partial charge in [0.25, 0.3) is 0 Å². The van der Waals surface area contributed by atoms with E-state index in [2.05, 4.69) is 9.97 Å². The fraction of sp³-hybridized carbons (Fsp3) is 0.200. The van der Waals surface area contributed by atoms with Crippen LogP contribution in [0.2, 0.25) is 0 Å². The molecule has 5 rings (SSSR count). The molecule has 204 valence electrons. The molecule has 0 fully saturated rings. The number of imidazole rings is 1. The van der Waals surface area contributed by atoms with Crippen LogP contribution in [-0.2, 0) is 4.74 Å². The van der Waals surface area contributed by atoms with Crippen LogP contribution in [0.1, 0.15) is 26.3 Å². The Kier molecular flexibility index (Phi) is 6.76. The maximum Gasteiger partial charge on any atom is 0.414 e. The molecule has 2 aromatic heterocycles. The summed E-state index contributed by atoms with van der Waals surface area (Å²) in [6.45, 7) is 7.31. The number of anilines is 2. The minimum atomic E-state index is -0.651. The van der Waals surface area contributed by atoms with Gasteiger partial charge in [-0.05, 0) is 81.8 Å². The smallest absolute Gasteiger partial charge is 0.414 e.